The second kappa shape index (κ2) is 8.19. The fourth-order valence-electron chi connectivity index (χ4n) is 3.10. The molecule has 2 N–H and O–H groups in total. The molecule has 2 aromatic carbocycles. The molecule has 0 saturated heterocycles. The standard InChI is InChI=1S/C22H19F2N3O/c23-18-4-5-19(20(24)11-18)17-10-15(13-26-14-17)12-25-8-9-28-21-3-1-2-16-6-7-27-22(16)21/h1-7,10-11,13-14,25,27H,8-9,12H2. The van der Waals surface area contributed by atoms with Gasteiger partial charge in [-0.15, -0.1) is 0 Å². The number of H-pyrrole nitrogens is 1. The Hall–Kier alpha value is -3.25. The van der Waals surface area contributed by atoms with Crippen molar-refractivity contribution in [2.24, 2.45) is 0 Å². The van der Waals surface area contributed by atoms with Gasteiger partial charge in [0, 0.05) is 54.3 Å². The van der Waals surface area contributed by atoms with Gasteiger partial charge in [0.1, 0.15) is 24.0 Å². The Morgan fingerprint density at radius 3 is 2.86 bits per heavy atom. The van der Waals surface area contributed by atoms with E-state index in [4.69, 9.17) is 4.74 Å². The molecule has 0 bridgehead atoms. The Bertz CT molecular complexity index is 1090. The predicted octanol–water partition coefficient (Wildman–Crippen LogP) is 4.68. The highest BCUT2D eigenvalue weighted by atomic mass is 19.1. The van der Waals surface area contributed by atoms with Crippen LogP contribution in [0.5, 0.6) is 5.75 Å². The largest absolute Gasteiger partial charge is 0.490 e. The van der Waals surface area contributed by atoms with Gasteiger partial charge in [0.25, 0.3) is 0 Å². The molecule has 0 unspecified atom stereocenters. The Morgan fingerprint density at radius 2 is 1.96 bits per heavy atom. The second-order valence-electron chi connectivity index (χ2n) is 6.43. The monoisotopic (exact) mass is 379 g/mol. The molecule has 0 atom stereocenters. The smallest absolute Gasteiger partial charge is 0.143 e. The zero-order valence-corrected chi connectivity index (χ0v) is 15.1. The van der Waals surface area contributed by atoms with E-state index in [1.54, 1.807) is 12.4 Å². The van der Waals surface area contributed by atoms with Crippen molar-refractivity contribution in [1.82, 2.24) is 15.3 Å². The summed E-state index contributed by atoms with van der Waals surface area (Å²) in [5, 5.41) is 4.40. The first kappa shape index (κ1) is 18.1. The van der Waals surface area contributed by atoms with Gasteiger partial charge in [0.05, 0.1) is 5.52 Å². The number of halogens is 2. The van der Waals surface area contributed by atoms with E-state index in [2.05, 4.69) is 15.3 Å². The molecule has 0 radical (unpaired) electrons. The van der Waals surface area contributed by atoms with Crippen molar-refractivity contribution >= 4 is 10.9 Å². The number of para-hydroxylation sites is 1. The van der Waals surface area contributed by atoms with Crippen molar-refractivity contribution in [2.75, 3.05) is 13.2 Å². The highest BCUT2D eigenvalue weighted by molar-refractivity contribution is 5.85. The summed E-state index contributed by atoms with van der Waals surface area (Å²) in [6.07, 6.45) is 5.18. The highest BCUT2D eigenvalue weighted by Crippen LogP contribution is 2.24. The quantitative estimate of drug-likeness (QED) is 0.459. The summed E-state index contributed by atoms with van der Waals surface area (Å²) in [6, 6.07) is 13.3. The van der Waals surface area contributed by atoms with Gasteiger partial charge < -0.3 is 15.0 Å². The molecule has 0 saturated carbocycles. The number of hydrogen-bond donors (Lipinski definition) is 2. The molecular weight excluding hydrogens is 360 g/mol. The van der Waals surface area contributed by atoms with Gasteiger partial charge in [-0.05, 0) is 35.9 Å². The van der Waals surface area contributed by atoms with Crippen LogP contribution in [0.15, 0.2) is 67.1 Å². The summed E-state index contributed by atoms with van der Waals surface area (Å²) in [5.74, 6) is -0.374. The lowest BCUT2D eigenvalue weighted by molar-refractivity contribution is 0.316. The van der Waals surface area contributed by atoms with Crippen molar-refractivity contribution in [2.45, 2.75) is 6.54 Å². The number of ether oxygens (including phenoxy) is 1. The normalized spacial score (nSPS) is 11.1. The topological polar surface area (TPSA) is 49.9 Å². The Kier molecular flexibility index (Phi) is 5.30. The van der Waals surface area contributed by atoms with Gasteiger partial charge in [0.15, 0.2) is 0 Å². The molecule has 4 rings (SSSR count). The minimum absolute atomic E-state index is 0.332. The number of rotatable bonds is 7. The van der Waals surface area contributed by atoms with Crippen molar-refractivity contribution in [3.63, 3.8) is 0 Å². The van der Waals surface area contributed by atoms with Crippen LogP contribution in [0.2, 0.25) is 0 Å². The number of nitrogens with zero attached hydrogens (tertiary/aromatic N) is 1. The van der Waals surface area contributed by atoms with Crippen LogP contribution in [-0.2, 0) is 6.54 Å². The molecule has 0 aliphatic carbocycles. The molecule has 0 amide bonds. The lowest BCUT2D eigenvalue weighted by atomic mass is 10.1. The molecule has 2 aromatic heterocycles. The Balaban J connectivity index is 1.32. The summed E-state index contributed by atoms with van der Waals surface area (Å²) in [5.41, 5.74) is 2.85. The van der Waals surface area contributed by atoms with E-state index in [-0.39, 0.29) is 0 Å². The van der Waals surface area contributed by atoms with Crippen molar-refractivity contribution in [3.05, 3.63) is 84.3 Å². The first-order chi connectivity index (χ1) is 13.7. The number of benzene rings is 2. The van der Waals surface area contributed by atoms with E-state index in [0.717, 1.165) is 28.3 Å². The molecule has 6 heteroatoms. The summed E-state index contributed by atoms with van der Waals surface area (Å²) in [7, 11) is 0. The van der Waals surface area contributed by atoms with Crippen molar-refractivity contribution in [3.8, 4) is 16.9 Å². The molecule has 4 aromatic rings. The fraction of sp³-hybridized carbons (Fsp3) is 0.136. The number of nitrogens with one attached hydrogen (secondary N) is 2. The first-order valence-corrected chi connectivity index (χ1v) is 9.00. The summed E-state index contributed by atoms with van der Waals surface area (Å²) < 4.78 is 32.9. The Labute approximate surface area is 161 Å². The van der Waals surface area contributed by atoms with Gasteiger partial charge in [-0.25, -0.2) is 8.78 Å². The van der Waals surface area contributed by atoms with Crippen molar-refractivity contribution < 1.29 is 13.5 Å². The molecule has 0 spiro atoms. The lowest BCUT2D eigenvalue weighted by Gasteiger charge is -2.09. The molecular formula is C22H19F2N3O. The number of hydrogen-bond acceptors (Lipinski definition) is 3. The maximum absolute atomic E-state index is 14.0. The van der Waals surface area contributed by atoms with E-state index < -0.39 is 11.6 Å². The van der Waals surface area contributed by atoms with Crippen LogP contribution in [0, 0.1) is 11.6 Å². The number of pyridine rings is 1. The molecule has 28 heavy (non-hydrogen) atoms. The third-order valence-electron chi connectivity index (χ3n) is 4.45. The average Bonchev–Trinajstić information content (AvgIpc) is 3.17. The summed E-state index contributed by atoms with van der Waals surface area (Å²) in [6.45, 7) is 1.73. The lowest BCUT2D eigenvalue weighted by Crippen LogP contribution is -2.20. The zero-order chi connectivity index (χ0) is 19.3. The van der Waals surface area contributed by atoms with E-state index in [9.17, 15) is 8.78 Å². The molecule has 0 aliphatic rings. The van der Waals surface area contributed by atoms with Crippen LogP contribution in [0.4, 0.5) is 8.78 Å². The van der Waals surface area contributed by atoms with E-state index in [1.165, 1.54) is 12.1 Å². The minimum Gasteiger partial charge on any atom is -0.490 e. The third-order valence-corrected chi connectivity index (χ3v) is 4.45. The summed E-state index contributed by atoms with van der Waals surface area (Å²) >= 11 is 0. The molecule has 142 valence electrons. The van der Waals surface area contributed by atoms with Gasteiger partial charge in [-0.3, -0.25) is 4.98 Å². The van der Waals surface area contributed by atoms with E-state index >= 15 is 0 Å². The maximum atomic E-state index is 14.0. The van der Waals surface area contributed by atoms with E-state index in [0.29, 0.717) is 30.8 Å². The van der Waals surface area contributed by atoms with Gasteiger partial charge in [-0.1, -0.05) is 12.1 Å². The van der Waals surface area contributed by atoms with Crippen LogP contribution in [0.3, 0.4) is 0 Å². The van der Waals surface area contributed by atoms with E-state index in [1.807, 2.05) is 36.5 Å². The number of aromatic amines is 1. The average molecular weight is 379 g/mol. The summed E-state index contributed by atoms with van der Waals surface area (Å²) in [4.78, 5) is 7.34. The molecule has 0 aliphatic heterocycles. The van der Waals surface area contributed by atoms with Gasteiger partial charge >= 0.3 is 0 Å². The first-order valence-electron chi connectivity index (χ1n) is 9.00. The third kappa shape index (κ3) is 4.02. The van der Waals surface area contributed by atoms with Gasteiger partial charge in [-0.2, -0.15) is 0 Å². The number of aromatic nitrogens is 2. The molecule has 4 nitrogen and oxygen atoms in total. The Morgan fingerprint density at radius 1 is 1.04 bits per heavy atom. The predicted molar refractivity (Wildman–Crippen MR) is 105 cm³/mol. The SMILES string of the molecule is Fc1ccc(-c2cncc(CNCCOc3cccc4cc[nH]c34)c2)c(F)c1. The highest BCUT2D eigenvalue weighted by Gasteiger charge is 2.08. The van der Waals surface area contributed by atoms with Crippen LogP contribution >= 0.6 is 0 Å². The van der Waals surface area contributed by atoms with Crippen LogP contribution in [0.1, 0.15) is 5.56 Å². The molecule has 2 heterocycles. The maximum Gasteiger partial charge on any atom is 0.143 e. The minimum atomic E-state index is -0.598. The molecule has 0 fully saturated rings. The fourth-order valence-corrected chi connectivity index (χ4v) is 3.10. The van der Waals surface area contributed by atoms with Crippen LogP contribution in [0.25, 0.3) is 22.0 Å². The van der Waals surface area contributed by atoms with Crippen LogP contribution in [-0.4, -0.2) is 23.1 Å². The van der Waals surface area contributed by atoms with Crippen LogP contribution < -0.4 is 10.1 Å². The van der Waals surface area contributed by atoms with Gasteiger partial charge in [0.2, 0.25) is 0 Å². The van der Waals surface area contributed by atoms with Crippen molar-refractivity contribution in [1.29, 1.82) is 0 Å². The number of fused-ring (bicyclic) bond motifs is 1. The second-order valence-corrected chi connectivity index (χ2v) is 6.43. The zero-order valence-electron chi connectivity index (χ0n) is 15.1.